The summed E-state index contributed by atoms with van der Waals surface area (Å²) in [6.45, 7) is 0. The Morgan fingerprint density at radius 2 is 1.94 bits per heavy atom. The van der Waals surface area contributed by atoms with E-state index in [1.807, 2.05) is 0 Å². The van der Waals surface area contributed by atoms with E-state index in [9.17, 15) is 5.11 Å². The van der Waals surface area contributed by atoms with E-state index in [1.54, 1.807) is 30.3 Å². The minimum absolute atomic E-state index is 0.0958. The van der Waals surface area contributed by atoms with Crippen LogP contribution in [0.4, 0.5) is 0 Å². The van der Waals surface area contributed by atoms with Crippen molar-refractivity contribution in [3.8, 4) is 17.9 Å². The Labute approximate surface area is 104 Å². The van der Waals surface area contributed by atoms with Gasteiger partial charge in [-0.2, -0.15) is 10.5 Å². The van der Waals surface area contributed by atoms with Gasteiger partial charge in [-0.1, -0.05) is 12.1 Å². The molecule has 1 rings (SSSR count). The topological polar surface area (TPSA) is 106 Å². The molecule has 0 amide bonds. The van der Waals surface area contributed by atoms with Crippen molar-refractivity contribution in [2.45, 2.75) is 0 Å². The molecule has 18 heavy (non-hydrogen) atoms. The van der Waals surface area contributed by atoms with E-state index in [0.717, 1.165) is 0 Å². The van der Waals surface area contributed by atoms with Crippen molar-refractivity contribution in [3.63, 3.8) is 0 Å². The third kappa shape index (κ3) is 3.84. The third-order valence-corrected chi connectivity index (χ3v) is 1.93. The predicted molar refractivity (Wildman–Crippen MR) is 67.3 cm³/mol. The van der Waals surface area contributed by atoms with Gasteiger partial charge in [0, 0.05) is 18.0 Å². The number of phenolic OH excluding ortho intramolecular Hbond substituents is 1. The molecule has 5 nitrogen and oxygen atoms in total. The fourth-order valence-electron chi connectivity index (χ4n) is 1.09. The van der Waals surface area contributed by atoms with Gasteiger partial charge < -0.3 is 10.8 Å². The van der Waals surface area contributed by atoms with Gasteiger partial charge in [-0.3, -0.25) is 4.99 Å². The number of rotatable bonds is 3. The smallest absolute Gasteiger partial charge is 0.131 e. The van der Waals surface area contributed by atoms with Crippen LogP contribution in [-0.2, 0) is 0 Å². The van der Waals surface area contributed by atoms with E-state index in [4.69, 9.17) is 16.3 Å². The molecule has 0 aliphatic carbocycles. The Bertz CT molecular complexity index is 584. The molecule has 1 aromatic carbocycles. The maximum Gasteiger partial charge on any atom is 0.131 e. The minimum atomic E-state index is -0.0958. The maximum atomic E-state index is 9.46. The van der Waals surface area contributed by atoms with Crippen LogP contribution in [0.1, 0.15) is 5.56 Å². The summed E-state index contributed by atoms with van der Waals surface area (Å²) in [6.07, 6.45) is 3.94. The van der Waals surface area contributed by atoms with E-state index in [0.29, 0.717) is 5.56 Å². The van der Waals surface area contributed by atoms with E-state index in [2.05, 4.69) is 4.99 Å². The summed E-state index contributed by atoms with van der Waals surface area (Å²) in [6, 6.07) is 10.1. The van der Waals surface area contributed by atoms with Gasteiger partial charge in [0.2, 0.25) is 0 Å². The Kier molecular flexibility index (Phi) is 4.71. The molecule has 0 fully saturated rings. The summed E-state index contributed by atoms with van der Waals surface area (Å²) >= 11 is 0. The average Bonchev–Trinajstić information content (AvgIpc) is 2.38. The van der Waals surface area contributed by atoms with Crippen molar-refractivity contribution < 1.29 is 5.11 Å². The first-order valence-corrected chi connectivity index (χ1v) is 4.96. The fraction of sp³-hybridized carbons (Fsp3) is 0. The molecular formula is C13H10N4O. The van der Waals surface area contributed by atoms with Crippen LogP contribution in [-0.4, -0.2) is 11.3 Å². The van der Waals surface area contributed by atoms with Gasteiger partial charge in [-0.15, -0.1) is 0 Å². The van der Waals surface area contributed by atoms with Crippen LogP contribution in [0.15, 0.2) is 52.8 Å². The molecular weight excluding hydrogens is 228 g/mol. The standard InChI is InChI=1S/C13H10N4O/c14-6-10(7-15)5-12(16)9-17-8-11-3-1-2-4-13(11)18/h1-5,8-9,18H,16H2/b12-9-,17-8?. The molecule has 88 valence electrons. The molecule has 1 aromatic rings. The number of aliphatic imine (C=N–C) groups is 1. The number of allylic oxidation sites excluding steroid dienone is 2. The van der Waals surface area contributed by atoms with Gasteiger partial charge in [0.15, 0.2) is 0 Å². The van der Waals surface area contributed by atoms with E-state index < -0.39 is 0 Å². The lowest BCUT2D eigenvalue weighted by atomic mass is 10.2. The number of nitrogens with zero attached hydrogens (tertiary/aromatic N) is 3. The summed E-state index contributed by atoms with van der Waals surface area (Å²) in [4.78, 5) is 3.89. The molecule has 0 aliphatic rings. The number of nitrogens with two attached hydrogens (primary N) is 1. The van der Waals surface area contributed by atoms with Crippen LogP contribution in [0.5, 0.6) is 5.75 Å². The Balaban J connectivity index is 2.83. The molecule has 0 radical (unpaired) electrons. The number of benzene rings is 1. The van der Waals surface area contributed by atoms with Crippen LogP contribution >= 0.6 is 0 Å². The second-order valence-corrected chi connectivity index (χ2v) is 3.25. The maximum absolute atomic E-state index is 9.46. The van der Waals surface area contributed by atoms with Crippen molar-refractivity contribution in [1.29, 1.82) is 10.5 Å². The quantitative estimate of drug-likeness (QED) is 0.473. The summed E-state index contributed by atoms with van der Waals surface area (Å²) in [5.74, 6) is 0.110. The Morgan fingerprint density at radius 1 is 1.28 bits per heavy atom. The zero-order valence-corrected chi connectivity index (χ0v) is 9.41. The van der Waals surface area contributed by atoms with E-state index in [1.165, 1.54) is 24.6 Å². The molecule has 0 aromatic heterocycles. The molecule has 0 atom stereocenters. The van der Waals surface area contributed by atoms with Gasteiger partial charge in [-0.05, 0) is 18.2 Å². The Morgan fingerprint density at radius 3 is 2.56 bits per heavy atom. The number of para-hydroxylation sites is 1. The van der Waals surface area contributed by atoms with Crippen LogP contribution in [0.25, 0.3) is 0 Å². The zero-order chi connectivity index (χ0) is 13.4. The summed E-state index contributed by atoms with van der Waals surface area (Å²) in [5.41, 5.74) is 6.17. The monoisotopic (exact) mass is 238 g/mol. The number of nitriles is 2. The van der Waals surface area contributed by atoms with Crippen molar-refractivity contribution in [2.24, 2.45) is 10.7 Å². The van der Waals surface area contributed by atoms with Crippen molar-refractivity contribution in [2.75, 3.05) is 0 Å². The van der Waals surface area contributed by atoms with Gasteiger partial charge in [0.05, 0.1) is 5.70 Å². The molecule has 0 saturated heterocycles. The highest BCUT2D eigenvalue weighted by Gasteiger charge is 1.94. The highest BCUT2D eigenvalue weighted by Crippen LogP contribution is 2.12. The molecule has 3 N–H and O–H groups in total. The summed E-state index contributed by atoms with van der Waals surface area (Å²) < 4.78 is 0. The second kappa shape index (κ2) is 6.51. The normalized spacial score (nSPS) is 10.7. The average molecular weight is 238 g/mol. The number of aromatic hydroxyl groups is 1. The first kappa shape index (κ1) is 13.0. The van der Waals surface area contributed by atoms with E-state index in [-0.39, 0.29) is 17.0 Å². The van der Waals surface area contributed by atoms with Crippen molar-refractivity contribution in [1.82, 2.24) is 0 Å². The molecule has 5 heteroatoms. The zero-order valence-electron chi connectivity index (χ0n) is 9.41. The number of hydrogen-bond acceptors (Lipinski definition) is 5. The minimum Gasteiger partial charge on any atom is -0.507 e. The molecule has 0 bridgehead atoms. The predicted octanol–water partition coefficient (Wildman–Crippen LogP) is 1.58. The molecule has 0 aliphatic heterocycles. The highest BCUT2D eigenvalue weighted by atomic mass is 16.3. The van der Waals surface area contributed by atoms with Gasteiger partial charge >= 0.3 is 0 Å². The summed E-state index contributed by atoms with van der Waals surface area (Å²) in [7, 11) is 0. The summed E-state index contributed by atoms with van der Waals surface area (Å²) in [5, 5.41) is 26.5. The SMILES string of the molecule is N#CC(C#N)=C/C(N)=C/N=Cc1ccccc1O. The third-order valence-electron chi connectivity index (χ3n) is 1.93. The molecule has 0 spiro atoms. The van der Waals surface area contributed by atoms with Crippen LogP contribution < -0.4 is 5.73 Å². The molecule has 0 heterocycles. The lowest BCUT2D eigenvalue weighted by molar-refractivity contribution is 0.474. The second-order valence-electron chi connectivity index (χ2n) is 3.25. The number of hydrogen-bond donors (Lipinski definition) is 2. The first-order valence-electron chi connectivity index (χ1n) is 4.96. The van der Waals surface area contributed by atoms with Gasteiger partial charge in [-0.25, -0.2) is 0 Å². The lowest BCUT2D eigenvalue weighted by Crippen LogP contribution is -1.93. The van der Waals surface area contributed by atoms with Gasteiger partial charge in [0.25, 0.3) is 0 Å². The molecule has 0 unspecified atom stereocenters. The number of phenols is 1. The van der Waals surface area contributed by atoms with Crippen molar-refractivity contribution >= 4 is 6.21 Å². The Hall–Kier alpha value is -3.05. The highest BCUT2D eigenvalue weighted by molar-refractivity contribution is 5.83. The van der Waals surface area contributed by atoms with Crippen LogP contribution in [0.3, 0.4) is 0 Å². The van der Waals surface area contributed by atoms with Crippen molar-refractivity contribution in [3.05, 3.63) is 53.4 Å². The largest absolute Gasteiger partial charge is 0.507 e. The van der Waals surface area contributed by atoms with Gasteiger partial charge in [0.1, 0.15) is 23.5 Å². The van der Waals surface area contributed by atoms with Crippen LogP contribution in [0, 0.1) is 22.7 Å². The first-order chi connectivity index (χ1) is 8.67. The van der Waals surface area contributed by atoms with E-state index >= 15 is 0 Å². The lowest BCUT2D eigenvalue weighted by Gasteiger charge is -1.95. The molecule has 0 saturated carbocycles. The van der Waals surface area contributed by atoms with Crippen LogP contribution in [0.2, 0.25) is 0 Å². The fourth-order valence-corrected chi connectivity index (χ4v) is 1.09.